The number of rotatable bonds is 3. The van der Waals surface area contributed by atoms with Crippen molar-refractivity contribution in [1.29, 1.82) is 0 Å². The van der Waals surface area contributed by atoms with Crippen LogP contribution in [-0.4, -0.2) is 24.3 Å². The third-order valence-electron chi connectivity index (χ3n) is 4.27. The summed E-state index contributed by atoms with van der Waals surface area (Å²) in [7, 11) is -3.24. The normalized spacial score (nSPS) is 11.3. The van der Waals surface area contributed by atoms with E-state index < -0.39 is 9.84 Å². The second-order valence-corrected chi connectivity index (χ2v) is 8.19. The smallest absolute Gasteiger partial charge is 0.175 e. The van der Waals surface area contributed by atoms with Crippen LogP contribution in [0.5, 0.6) is 0 Å². The van der Waals surface area contributed by atoms with Gasteiger partial charge in [-0.1, -0.05) is 42.5 Å². The molecule has 27 heavy (non-hydrogen) atoms. The Balaban J connectivity index is 0.00000210. The largest absolute Gasteiger partial charge is 0.397 e. The molecule has 4 aromatic rings. The Morgan fingerprint density at radius 3 is 2.19 bits per heavy atom. The summed E-state index contributed by atoms with van der Waals surface area (Å²) in [4.78, 5) is 0.295. The molecule has 0 fully saturated rings. The number of fused-ring (bicyclic) bond motifs is 1. The van der Waals surface area contributed by atoms with Crippen LogP contribution in [0.4, 0.5) is 5.69 Å². The molecule has 2 aromatic heterocycles. The van der Waals surface area contributed by atoms with Crippen LogP contribution in [-0.2, 0) is 9.84 Å². The average Bonchev–Trinajstić information content (AvgIpc) is 3.00. The Morgan fingerprint density at radius 1 is 0.889 bits per heavy atom. The lowest BCUT2D eigenvalue weighted by atomic mass is 10.00. The molecule has 0 atom stereocenters. The highest BCUT2D eigenvalue weighted by molar-refractivity contribution is 7.90. The summed E-state index contributed by atoms with van der Waals surface area (Å²) >= 11 is 0. The summed E-state index contributed by atoms with van der Waals surface area (Å²) in [5, 5.41) is 4.71. The molecule has 0 spiro atoms. The van der Waals surface area contributed by atoms with Crippen molar-refractivity contribution in [2.24, 2.45) is 0 Å². The molecule has 4 rings (SSSR count). The van der Waals surface area contributed by atoms with Crippen molar-refractivity contribution in [2.75, 3.05) is 12.0 Å². The molecule has 2 aromatic carbocycles. The monoisotopic (exact) mass is 399 g/mol. The zero-order valence-corrected chi connectivity index (χ0v) is 16.2. The van der Waals surface area contributed by atoms with Crippen LogP contribution in [0, 0.1) is 0 Å². The molecular weight excluding hydrogens is 382 g/mol. The molecular formula is C20H18ClN3O2S. The maximum Gasteiger partial charge on any atom is 0.175 e. The maximum absolute atomic E-state index is 11.7. The minimum Gasteiger partial charge on any atom is -0.397 e. The quantitative estimate of drug-likeness (QED) is 0.563. The minimum absolute atomic E-state index is 0. The van der Waals surface area contributed by atoms with E-state index in [0.29, 0.717) is 10.6 Å². The Labute approximate surface area is 163 Å². The zero-order valence-electron chi connectivity index (χ0n) is 14.5. The van der Waals surface area contributed by atoms with Crippen molar-refractivity contribution in [2.45, 2.75) is 4.90 Å². The highest BCUT2D eigenvalue weighted by atomic mass is 35.5. The summed E-state index contributed by atoms with van der Waals surface area (Å²) in [5.41, 5.74) is 11.1. The van der Waals surface area contributed by atoms with Crippen molar-refractivity contribution >= 4 is 33.4 Å². The molecule has 0 bridgehead atoms. The number of pyridine rings is 1. The van der Waals surface area contributed by atoms with Crippen LogP contribution < -0.4 is 5.73 Å². The van der Waals surface area contributed by atoms with E-state index in [9.17, 15) is 8.42 Å². The van der Waals surface area contributed by atoms with Crippen LogP contribution in [0.3, 0.4) is 0 Å². The number of anilines is 1. The Morgan fingerprint density at radius 2 is 1.56 bits per heavy atom. The van der Waals surface area contributed by atoms with E-state index in [1.54, 1.807) is 22.8 Å². The van der Waals surface area contributed by atoms with Crippen molar-refractivity contribution in [3.05, 3.63) is 72.9 Å². The van der Waals surface area contributed by atoms with Crippen LogP contribution >= 0.6 is 12.4 Å². The molecule has 2 heterocycles. The van der Waals surface area contributed by atoms with Gasteiger partial charge in [0.2, 0.25) is 0 Å². The van der Waals surface area contributed by atoms with Gasteiger partial charge >= 0.3 is 0 Å². The fraction of sp³-hybridized carbons (Fsp3) is 0.0500. The molecule has 0 saturated carbocycles. The number of hydrogen-bond acceptors (Lipinski definition) is 4. The number of benzene rings is 2. The number of nitrogens with two attached hydrogens (primary N) is 1. The molecule has 0 aliphatic heterocycles. The molecule has 2 N–H and O–H groups in total. The van der Waals surface area contributed by atoms with Crippen molar-refractivity contribution in [3.63, 3.8) is 0 Å². The predicted octanol–water partition coefficient (Wildman–Crippen LogP) is 4.08. The molecule has 138 valence electrons. The summed E-state index contributed by atoms with van der Waals surface area (Å²) in [6.45, 7) is 0. The summed E-state index contributed by atoms with van der Waals surface area (Å²) in [6, 6.07) is 20.5. The molecule has 0 saturated heterocycles. The zero-order chi connectivity index (χ0) is 18.3. The summed E-state index contributed by atoms with van der Waals surface area (Å²) in [6.07, 6.45) is 2.98. The lowest BCUT2D eigenvalue weighted by molar-refractivity contribution is 0.602. The standard InChI is InChI=1S/C20H17N3O2S.ClH/c1-26(24,25)17-10-7-14(8-11-17)19-18-12-9-16(21)13-23(18)22-20(19)15-5-3-2-4-6-15;/h2-13H,21H2,1H3;1H. The molecule has 5 nitrogen and oxygen atoms in total. The number of halogens is 1. The van der Waals surface area contributed by atoms with Crippen LogP contribution in [0.2, 0.25) is 0 Å². The first-order chi connectivity index (χ1) is 12.4. The first-order valence-corrected chi connectivity index (χ1v) is 9.96. The van der Waals surface area contributed by atoms with E-state index in [4.69, 9.17) is 10.8 Å². The third kappa shape index (κ3) is 3.54. The van der Waals surface area contributed by atoms with E-state index in [1.165, 1.54) is 6.26 Å². The number of nitrogens with zero attached hydrogens (tertiary/aromatic N) is 2. The highest BCUT2D eigenvalue weighted by Gasteiger charge is 2.17. The molecule has 0 aliphatic carbocycles. The first kappa shape index (κ1) is 18.9. The maximum atomic E-state index is 11.7. The second-order valence-electron chi connectivity index (χ2n) is 6.18. The number of hydrogen-bond donors (Lipinski definition) is 1. The topological polar surface area (TPSA) is 77.5 Å². The Hall–Kier alpha value is -2.83. The Kier molecular flexibility index (Phi) is 4.95. The van der Waals surface area contributed by atoms with Crippen molar-refractivity contribution in [3.8, 4) is 22.4 Å². The van der Waals surface area contributed by atoms with E-state index >= 15 is 0 Å². The van der Waals surface area contributed by atoms with Crippen LogP contribution in [0.1, 0.15) is 0 Å². The van der Waals surface area contributed by atoms with E-state index in [-0.39, 0.29) is 12.4 Å². The second kappa shape index (κ2) is 7.06. The molecule has 0 aliphatic rings. The van der Waals surface area contributed by atoms with E-state index in [2.05, 4.69) is 0 Å². The van der Waals surface area contributed by atoms with Gasteiger partial charge < -0.3 is 5.73 Å². The molecule has 7 heteroatoms. The predicted molar refractivity (Wildman–Crippen MR) is 111 cm³/mol. The van der Waals surface area contributed by atoms with Gasteiger partial charge in [-0.25, -0.2) is 12.9 Å². The number of aromatic nitrogens is 2. The van der Waals surface area contributed by atoms with Gasteiger partial charge in [-0.2, -0.15) is 5.10 Å². The third-order valence-corrected chi connectivity index (χ3v) is 5.40. The van der Waals surface area contributed by atoms with Gasteiger partial charge in [0.15, 0.2) is 9.84 Å². The average molecular weight is 400 g/mol. The SMILES string of the molecule is CS(=O)(=O)c1ccc(-c2c(-c3ccccc3)nn3cc(N)ccc23)cc1.Cl. The van der Waals surface area contributed by atoms with Gasteiger partial charge in [-0.3, -0.25) is 0 Å². The van der Waals surface area contributed by atoms with Gasteiger partial charge in [0.25, 0.3) is 0 Å². The minimum atomic E-state index is -3.24. The van der Waals surface area contributed by atoms with Crippen LogP contribution in [0.25, 0.3) is 27.9 Å². The van der Waals surface area contributed by atoms with E-state index in [0.717, 1.165) is 27.9 Å². The van der Waals surface area contributed by atoms with Gasteiger partial charge in [0.05, 0.1) is 22.3 Å². The summed E-state index contributed by atoms with van der Waals surface area (Å²) in [5.74, 6) is 0. The number of nitrogen functional groups attached to an aromatic ring is 1. The van der Waals surface area contributed by atoms with Gasteiger partial charge in [0, 0.05) is 17.4 Å². The molecule has 0 unspecified atom stereocenters. The van der Waals surface area contributed by atoms with Crippen molar-refractivity contribution < 1.29 is 8.42 Å². The van der Waals surface area contributed by atoms with Gasteiger partial charge in [-0.15, -0.1) is 12.4 Å². The fourth-order valence-corrected chi connectivity index (χ4v) is 3.65. The van der Waals surface area contributed by atoms with Gasteiger partial charge in [-0.05, 0) is 29.8 Å². The van der Waals surface area contributed by atoms with Gasteiger partial charge in [0.1, 0.15) is 5.69 Å². The fourth-order valence-electron chi connectivity index (χ4n) is 3.02. The highest BCUT2D eigenvalue weighted by Crippen LogP contribution is 2.35. The lowest BCUT2D eigenvalue weighted by Gasteiger charge is -2.05. The van der Waals surface area contributed by atoms with Crippen LogP contribution in [0.15, 0.2) is 77.8 Å². The first-order valence-electron chi connectivity index (χ1n) is 8.07. The Bertz CT molecular complexity index is 1200. The van der Waals surface area contributed by atoms with Crippen molar-refractivity contribution in [1.82, 2.24) is 9.61 Å². The molecule has 0 amide bonds. The summed E-state index contributed by atoms with van der Waals surface area (Å²) < 4.78 is 25.2. The lowest BCUT2D eigenvalue weighted by Crippen LogP contribution is -1.96. The molecule has 0 radical (unpaired) electrons. The van der Waals surface area contributed by atoms with E-state index in [1.807, 2.05) is 54.6 Å². The number of sulfone groups is 1.